The summed E-state index contributed by atoms with van der Waals surface area (Å²) < 4.78 is 28.5. The molecule has 3 aliphatic carbocycles. The van der Waals surface area contributed by atoms with Gasteiger partial charge in [0.1, 0.15) is 0 Å². The number of rotatable bonds is 11. The van der Waals surface area contributed by atoms with Crippen molar-refractivity contribution in [1.82, 2.24) is 0 Å². The molecular weight excluding hydrogens is 458 g/mol. The quantitative estimate of drug-likeness (QED) is 0.258. The van der Waals surface area contributed by atoms with Gasteiger partial charge < -0.3 is 0 Å². The van der Waals surface area contributed by atoms with Crippen LogP contribution in [0, 0.1) is 61.0 Å². The highest BCUT2D eigenvalue weighted by Crippen LogP contribution is 2.44. The molecule has 0 bridgehead atoms. The number of hydrogen-bond donors (Lipinski definition) is 0. The molecule has 0 heterocycles. The van der Waals surface area contributed by atoms with E-state index < -0.39 is 11.6 Å². The molecule has 3 saturated carbocycles. The molecule has 0 nitrogen and oxygen atoms in total. The highest BCUT2D eigenvalue weighted by molar-refractivity contribution is 5.33. The number of halogens is 2. The van der Waals surface area contributed by atoms with Crippen molar-refractivity contribution in [1.29, 1.82) is 0 Å². The molecule has 4 rings (SSSR count). The second-order valence-corrected chi connectivity index (χ2v) is 13.7. The van der Waals surface area contributed by atoms with Gasteiger partial charge in [0.25, 0.3) is 0 Å². The van der Waals surface area contributed by atoms with Crippen LogP contribution in [-0.2, 0) is 6.42 Å². The fourth-order valence-electron chi connectivity index (χ4n) is 8.47. The molecule has 1 aromatic rings. The third-order valence-corrected chi connectivity index (χ3v) is 11.1. The molecule has 210 valence electrons. The minimum absolute atomic E-state index is 0.425. The van der Waals surface area contributed by atoms with Gasteiger partial charge in [-0.1, -0.05) is 103 Å². The van der Waals surface area contributed by atoms with Crippen LogP contribution in [0.3, 0.4) is 0 Å². The van der Waals surface area contributed by atoms with Crippen LogP contribution in [0.2, 0.25) is 0 Å². The molecule has 0 aliphatic heterocycles. The number of unbranched alkanes of at least 4 members (excludes halogenated alkanes) is 2. The van der Waals surface area contributed by atoms with Crippen molar-refractivity contribution in [3.8, 4) is 0 Å². The molecule has 0 unspecified atom stereocenters. The topological polar surface area (TPSA) is 0 Å². The predicted octanol–water partition coefficient (Wildman–Crippen LogP) is 11.3. The maximum atomic E-state index is 14.5. The Morgan fingerprint density at radius 3 is 1.54 bits per heavy atom. The van der Waals surface area contributed by atoms with Crippen molar-refractivity contribution in [3.63, 3.8) is 0 Å². The smallest absolute Gasteiger partial charge is 0.162 e. The van der Waals surface area contributed by atoms with Crippen LogP contribution in [-0.4, -0.2) is 0 Å². The lowest BCUT2D eigenvalue weighted by Crippen LogP contribution is -2.26. The zero-order valence-corrected chi connectivity index (χ0v) is 24.4. The van der Waals surface area contributed by atoms with E-state index in [-0.39, 0.29) is 0 Å². The van der Waals surface area contributed by atoms with Gasteiger partial charge in [-0.25, -0.2) is 8.78 Å². The second-order valence-electron chi connectivity index (χ2n) is 13.7. The number of benzene rings is 1. The summed E-state index contributed by atoms with van der Waals surface area (Å²) in [6, 6.07) is 1.81. The minimum Gasteiger partial charge on any atom is -0.203 e. The maximum absolute atomic E-state index is 14.5. The van der Waals surface area contributed by atoms with Crippen molar-refractivity contribution in [2.75, 3.05) is 0 Å². The average Bonchev–Trinajstić information content (AvgIpc) is 2.92. The van der Waals surface area contributed by atoms with Crippen molar-refractivity contribution in [2.24, 2.45) is 35.5 Å². The Balaban J connectivity index is 1.09. The van der Waals surface area contributed by atoms with Crippen molar-refractivity contribution in [2.45, 2.75) is 149 Å². The zero-order chi connectivity index (χ0) is 26.2. The van der Waals surface area contributed by atoms with E-state index in [1.165, 1.54) is 116 Å². The molecule has 0 atom stereocenters. The molecule has 0 aromatic heterocycles. The molecule has 3 aliphatic rings. The van der Waals surface area contributed by atoms with Crippen molar-refractivity contribution < 1.29 is 8.78 Å². The van der Waals surface area contributed by atoms with E-state index in [0.717, 1.165) is 41.6 Å². The van der Waals surface area contributed by atoms with E-state index in [9.17, 15) is 8.78 Å². The van der Waals surface area contributed by atoms with Gasteiger partial charge in [-0.3, -0.25) is 0 Å². The van der Waals surface area contributed by atoms with Crippen LogP contribution in [0.25, 0.3) is 0 Å². The Bertz CT molecular complexity index is 805. The van der Waals surface area contributed by atoms with Gasteiger partial charge in [-0.05, 0) is 105 Å². The van der Waals surface area contributed by atoms with Crippen molar-refractivity contribution in [3.05, 3.63) is 34.4 Å². The van der Waals surface area contributed by atoms with E-state index >= 15 is 0 Å². The highest BCUT2D eigenvalue weighted by atomic mass is 19.2. The summed E-state index contributed by atoms with van der Waals surface area (Å²) in [5.41, 5.74) is 1.95. The van der Waals surface area contributed by atoms with Gasteiger partial charge >= 0.3 is 0 Å². The Morgan fingerprint density at radius 1 is 0.568 bits per heavy atom. The maximum Gasteiger partial charge on any atom is 0.162 e. The van der Waals surface area contributed by atoms with Gasteiger partial charge in [0.2, 0.25) is 0 Å². The summed E-state index contributed by atoms with van der Waals surface area (Å²) in [5, 5.41) is 0. The fourth-order valence-corrected chi connectivity index (χ4v) is 8.47. The third-order valence-electron chi connectivity index (χ3n) is 11.1. The van der Waals surface area contributed by atoms with Crippen LogP contribution in [0.5, 0.6) is 0 Å². The molecule has 37 heavy (non-hydrogen) atoms. The molecular formula is C35H56F2. The standard InChI is InChI=1S/C35H56F2/c1-4-5-6-7-27-8-10-28(11-9-27)12-13-29-14-19-31(20-15-29)32-21-16-30(17-22-32)18-23-33-25(2)24-26(3)34(36)35(33)37/h24,27-32H,4-23H2,1-3H3. The normalized spacial score (nSPS) is 30.9. The molecule has 1 aromatic carbocycles. The highest BCUT2D eigenvalue weighted by Gasteiger charge is 2.31. The molecule has 0 N–H and O–H groups in total. The minimum atomic E-state index is -0.648. The molecule has 2 heteroatoms. The zero-order valence-electron chi connectivity index (χ0n) is 24.4. The van der Waals surface area contributed by atoms with E-state index in [2.05, 4.69) is 6.92 Å². The lowest BCUT2D eigenvalue weighted by Gasteiger charge is -2.38. The van der Waals surface area contributed by atoms with E-state index in [4.69, 9.17) is 0 Å². The Hall–Kier alpha value is -0.920. The first-order valence-electron chi connectivity index (χ1n) is 16.4. The van der Waals surface area contributed by atoms with Gasteiger partial charge in [0.15, 0.2) is 11.6 Å². The van der Waals surface area contributed by atoms with Crippen LogP contribution in [0.1, 0.15) is 146 Å². The van der Waals surface area contributed by atoms with Gasteiger partial charge in [-0.15, -0.1) is 0 Å². The van der Waals surface area contributed by atoms with Crippen molar-refractivity contribution >= 4 is 0 Å². The Morgan fingerprint density at radius 2 is 1.03 bits per heavy atom. The van der Waals surface area contributed by atoms with E-state index in [0.29, 0.717) is 23.5 Å². The molecule has 3 fully saturated rings. The monoisotopic (exact) mass is 514 g/mol. The first-order chi connectivity index (χ1) is 17.9. The lowest BCUT2D eigenvalue weighted by molar-refractivity contribution is 0.136. The van der Waals surface area contributed by atoms with Crippen LogP contribution < -0.4 is 0 Å². The molecule has 0 radical (unpaired) electrons. The summed E-state index contributed by atoms with van der Waals surface area (Å²) in [6.45, 7) is 5.90. The van der Waals surface area contributed by atoms with Gasteiger partial charge in [0.05, 0.1) is 0 Å². The largest absolute Gasteiger partial charge is 0.203 e. The lowest BCUT2D eigenvalue weighted by atomic mass is 9.67. The fraction of sp³-hybridized carbons (Fsp3) is 0.829. The summed E-state index contributed by atoms with van der Waals surface area (Å²) in [6.07, 6.45) is 27.7. The Kier molecular flexibility index (Phi) is 11.4. The predicted molar refractivity (Wildman–Crippen MR) is 154 cm³/mol. The first-order valence-corrected chi connectivity index (χ1v) is 16.4. The first kappa shape index (κ1) is 29.1. The number of aryl methyl sites for hydroxylation is 2. The van der Waals surface area contributed by atoms with Crippen LogP contribution in [0.15, 0.2) is 6.07 Å². The van der Waals surface area contributed by atoms with Crippen LogP contribution in [0.4, 0.5) is 8.78 Å². The molecule has 0 amide bonds. The second kappa shape index (κ2) is 14.5. The summed E-state index contributed by atoms with van der Waals surface area (Å²) in [5.74, 6) is 4.41. The third kappa shape index (κ3) is 8.28. The summed E-state index contributed by atoms with van der Waals surface area (Å²) >= 11 is 0. The Labute approximate surface area is 227 Å². The SMILES string of the molecule is CCCCCC1CCC(CCC2CCC(C3CCC(CCc4c(C)cc(C)c(F)c4F)CC3)CC2)CC1. The number of hydrogen-bond acceptors (Lipinski definition) is 0. The van der Waals surface area contributed by atoms with Crippen LogP contribution >= 0.6 is 0 Å². The van der Waals surface area contributed by atoms with Gasteiger partial charge in [-0.2, -0.15) is 0 Å². The average molecular weight is 515 g/mol. The van der Waals surface area contributed by atoms with Gasteiger partial charge in [0, 0.05) is 0 Å². The molecule has 0 saturated heterocycles. The van der Waals surface area contributed by atoms with E-state index in [1.807, 2.05) is 6.92 Å². The summed E-state index contributed by atoms with van der Waals surface area (Å²) in [7, 11) is 0. The molecule has 0 spiro atoms. The van der Waals surface area contributed by atoms with E-state index in [1.54, 1.807) is 13.0 Å². The summed E-state index contributed by atoms with van der Waals surface area (Å²) in [4.78, 5) is 0.